The van der Waals surface area contributed by atoms with Crippen molar-refractivity contribution in [2.45, 2.75) is 194 Å². The van der Waals surface area contributed by atoms with Crippen LogP contribution in [0.5, 0.6) is 0 Å². The van der Waals surface area contributed by atoms with Crippen LogP contribution in [0.15, 0.2) is 0 Å². The van der Waals surface area contributed by atoms with Gasteiger partial charge in [0.05, 0.1) is 5.41 Å². The third kappa shape index (κ3) is 19.7. The minimum absolute atomic E-state index is 0.452. The van der Waals surface area contributed by atoms with Gasteiger partial charge in [-0.3, -0.25) is 4.79 Å². The highest BCUT2D eigenvalue weighted by molar-refractivity contribution is 5.74. The van der Waals surface area contributed by atoms with Gasteiger partial charge in [0.2, 0.25) is 0 Å². The van der Waals surface area contributed by atoms with Crippen molar-refractivity contribution in [1.29, 1.82) is 0 Å². The molecule has 0 saturated heterocycles. The van der Waals surface area contributed by atoms with E-state index in [1.807, 2.05) is 0 Å². The van der Waals surface area contributed by atoms with Crippen molar-refractivity contribution >= 4 is 5.97 Å². The average Bonchev–Trinajstić information content (AvgIpc) is 2.83. The van der Waals surface area contributed by atoms with Gasteiger partial charge in [-0.15, -0.1) is 0 Å². The summed E-state index contributed by atoms with van der Waals surface area (Å²) in [4.78, 5) is 12.5. The van der Waals surface area contributed by atoms with E-state index in [2.05, 4.69) is 20.8 Å². The molecule has 0 aliphatic carbocycles. The highest BCUT2D eigenvalue weighted by Crippen LogP contribution is 2.38. The molecule has 1 N–H and O–H groups in total. The van der Waals surface area contributed by atoms with Gasteiger partial charge in [-0.2, -0.15) is 0 Å². The van der Waals surface area contributed by atoms with E-state index in [1.54, 1.807) is 0 Å². The molecular formula is C32H64O2. The zero-order valence-corrected chi connectivity index (χ0v) is 23.9. The molecule has 34 heavy (non-hydrogen) atoms. The summed E-state index contributed by atoms with van der Waals surface area (Å²) in [6.07, 6.45) is 33.7. The van der Waals surface area contributed by atoms with Crippen molar-refractivity contribution in [1.82, 2.24) is 0 Å². The molecule has 0 aliphatic rings. The van der Waals surface area contributed by atoms with Crippen LogP contribution in [0.3, 0.4) is 0 Å². The maximum Gasteiger partial charge on any atom is 0.309 e. The minimum atomic E-state index is -0.499. The van der Waals surface area contributed by atoms with Gasteiger partial charge in [-0.1, -0.05) is 175 Å². The third-order valence-electron chi connectivity index (χ3n) is 7.98. The van der Waals surface area contributed by atoms with Gasteiger partial charge in [-0.25, -0.2) is 0 Å². The molecule has 0 aromatic rings. The highest BCUT2D eigenvalue weighted by atomic mass is 16.4. The Hall–Kier alpha value is -0.530. The lowest BCUT2D eigenvalue weighted by atomic mass is 9.74. The summed E-state index contributed by atoms with van der Waals surface area (Å²) in [5, 5.41) is 10.3. The number of unbranched alkanes of at least 4 members (excludes halogenated alkanes) is 21. The Morgan fingerprint density at radius 1 is 0.412 bits per heavy atom. The van der Waals surface area contributed by atoms with Crippen molar-refractivity contribution in [2.75, 3.05) is 0 Å². The number of hydrogen-bond acceptors (Lipinski definition) is 1. The molecule has 0 saturated carbocycles. The normalized spacial score (nSPS) is 11.9. The van der Waals surface area contributed by atoms with Gasteiger partial charge >= 0.3 is 5.97 Å². The standard InChI is InChI=1S/C32H64O2/c1-4-7-10-13-16-19-22-25-28-32(31(33)34,29-26-23-20-17-14-11-8-5-2)30-27-24-21-18-15-12-9-6-3/h4-30H2,1-3H3,(H,33,34). The summed E-state index contributed by atoms with van der Waals surface area (Å²) in [7, 11) is 0. The molecule has 204 valence electrons. The van der Waals surface area contributed by atoms with Crippen LogP contribution in [0.25, 0.3) is 0 Å². The topological polar surface area (TPSA) is 37.3 Å². The maximum atomic E-state index is 12.5. The predicted molar refractivity (Wildman–Crippen MR) is 152 cm³/mol. The fourth-order valence-electron chi connectivity index (χ4n) is 5.49. The van der Waals surface area contributed by atoms with Crippen LogP contribution in [0.4, 0.5) is 0 Å². The van der Waals surface area contributed by atoms with Crippen LogP contribution in [0.1, 0.15) is 194 Å². The van der Waals surface area contributed by atoms with Crippen LogP contribution < -0.4 is 0 Å². The van der Waals surface area contributed by atoms with E-state index < -0.39 is 11.4 Å². The van der Waals surface area contributed by atoms with E-state index in [-0.39, 0.29) is 0 Å². The number of carbonyl (C=O) groups is 1. The van der Waals surface area contributed by atoms with E-state index >= 15 is 0 Å². The Bertz CT molecular complexity index is 367. The molecule has 0 heterocycles. The Kier molecular flexibility index (Phi) is 25.2. The van der Waals surface area contributed by atoms with E-state index in [0.717, 1.165) is 38.5 Å². The smallest absolute Gasteiger partial charge is 0.309 e. The molecule has 0 fully saturated rings. The number of carboxylic acids is 1. The maximum absolute atomic E-state index is 12.5. The lowest BCUT2D eigenvalue weighted by molar-refractivity contribution is -0.150. The fourth-order valence-corrected chi connectivity index (χ4v) is 5.49. The van der Waals surface area contributed by atoms with Crippen molar-refractivity contribution in [3.8, 4) is 0 Å². The predicted octanol–water partition coefficient (Wildman–Crippen LogP) is 11.6. The third-order valence-corrected chi connectivity index (χ3v) is 7.98. The highest BCUT2D eigenvalue weighted by Gasteiger charge is 2.36. The number of hydrogen-bond donors (Lipinski definition) is 1. The first kappa shape index (κ1) is 33.5. The number of carboxylic acid groups (broad SMARTS) is 1. The zero-order valence-electron chi connectivity index (χ0n) is 23.9. The second kappa shape index (κ2) is 25.6. The van der Waals surface area contributed by atoms with Crippen LogP contribution in [0, 0.1) is 5.41 Å². The van der Waals surface area contributed by atoms with Crippen molar-refractivity contribution in [2.24, 2.45) is 5.41 Å². The molecule has 0 bridgehead atoms. The fraction of sp³-hybridized carbons (Fsp3) is 0.969. The second-order valence-electron chi connectivity index (χ2n) is 11.3. The monoisotopic (exact) mass is 480 g/mol. The summed E-state index contributed by atoms with van der Waals surface area (Å²) >= 11 is 0. The summed E-state index contributed by atoms with van der Waals surface area (Å²) in [6.45, 7) is 6.80. The summed E-state index contributed by atoms with van der Waals surface area (Å²) in [6, 6.07) is 0. The lowest BCUT2D eigenvalue weighted by Crippen LogP contribution is -2.31. The van der Waals surface area contributed by atoms with Gasteiger partial charge in [0.15, 0.2) is 0 Å². The molecule has 2 nitrogen and oxygen atoms in total. The van der Waals surface area contributed by atoms with Crippen LogP contribution in [-0.2, 0) is 4.79 Å². The quantitative estimate of drug-likeness (QED) is 0.113. The summed E-state index contributed by atoms with van der Waals surface area (Å²) in [5.41, 5.74) is -0.452. The Balaban J connectivity index is 4.43. The molecule has 0 aromatic carbocycles. The van der Waals surface area contributed by atoms with E-state index in [9.17, 15) is 9.90 Å². The van der Waals surface area contributed by atoms with Gasteiger partial charge in [-0.05, 0) is 19.3 Å². The molecule has 0 atom stereocenters. The SMILES string of the molecule is CCCCCCCCCCC(CCCCCCCCCC)(CCCCCCCCCC)C(=O)O. The molecule has 0 radical (unpaired) electrons. The molecule has 0 aliphatic heterocycles. The summed E-state index contributed by atoms with van der Waals surface area (Å²) < 4.78 is 0. The van der Waals surface area contributed by atoms with Crippen LogP contribution >= 0.6 is 0 Å². The lowest BCUT2D eigenvalue weighted by Gasteiger charge is -2.30. The first-order valence-corrected chi connectivity index (χ1v) is 15.9. The summed E-state index contributed by atoms with van der Waals surface area (Å²) in [5.74, 6) is -0.499. The van der Waals surface area contributed by atoms with Gasteiger partial charge < -0.3 is 5.11 Å². The van der Waals surface area contributed by atoms with Gasteiger partial charge in [0.1, 0.15) is 0 Å². The van der Waals surface area contributed by atoms with E-state index in [1.165, 1.54) is 135 Å². The largest absolute Gasteiger partial charge is 0.481 e. The first-order valence-electron chi connectivity index (χ1n) is 15.9. The molecule has 0 spiro atoms. The van der Waals surface area contributed by atoms with Crippen LogP contribution in [0.2, 0.25) is 0 Å². The number of rotatable bonds is 28. The first-order chi connectivity index (χ1) is 16.6. The molecule has 0 rings (SSSR count). The molecule has 0 amide bonds. The van der Waals surface area contributed by atoms with Crippen LogP contribution in [-0.4, -0.2) is 11.1 Å². The average molecular weight is 481 g/mol. The molecule has 2 heteroatoms. The number of aliphatic carboxylic acids is 1. The van der Waals surface area contributed by atoms with E-state index in [4.69, 9.17) is 0 Å². The van der Waals surface area contributed by atoms with Crippen molar-refractivity contribution < 1.29 is 9.90 Å². The molecule has 0 aromatic heterocycles. The Morgan fingerprint density at radius 3 is 0.824 bits per heavy atom. The van der Waals surface area contributed by atoms with E-state index in [0.29, 0.717) is 0 Å². The van der Waals surface area contributed by atoms with Crippen molar-refractivity contribution in [3.05, 3.63) is 0 Å². The minimum Gasteiger partial charge on any atom is -0.481 e. The van der Waals surface area contributed by atoms with Gasteiger partial charge in [0.25, 0.3) is 0 Å². The van der Waals surface area contributed by atoms with Gasteiger partial charge in [0, 0.05) is 0 Å². The molecule has 0 unspecified atom stereocenters. The Labute approximate surface area is 215 Å². The van der Waals surface area contributed by atoms with Crippen molar-refractivity contribution in [3.63, 3.8) is 0 Å². The second-order valence-corrected chi connectivity index (χ2v) is 11.3. The molecular weight excluding hydrogens is 416 g/mol. The zero-order chi connectivity index (χ0) is 25.2. The Morgan fingerprint density at radius 2 is 0.618 bits per heavy atom.